The van der Waals surface area contributed by atoms with Gasteiger partial charge in [0, 0.05) is 0 Å². The van der Waals surface area contributed by atoms with Crippen molar-refractivity contribution >= 4 is 16.6 Å². The van der Waals surface area contributed by atoms with E-state index in [0.29, 0.717) is 0 Å². The van der Waals surface area contributed by atoms with Crippen LogP contribution in [0.2, 0.25) is 0 Å². The number of fused-ring (bicyclic) bond motifs is 1. The third kappa shape index (κ3) is 2.20. The van der Waals surface area contributed by atoms with Crippen molar-refractivity contribution in [3.05, 3.63) is 60.7 Å². The first-order valence-electron chi connectivity index (χ1n) is 5.95. The van der Waals surface area contributed by atoms with Gasteiger partial charge in [-0.3, -0.25) is 9.69 Å². The van der Waals surface area contributed by atoms with Gasteiger partial charge >= 0.3 is 0 Å². The molecule has 0 bridgehead atoms. The Morgan fingerprint density at radius 3 is 2.50 bits per heavy atom. The van der Waals surface area contributed by atoms with Crippen molar-refractivity contribution in [1.82, 2.24) is 4.90 Å². The summed E-state index contributed by atoms with van der Waals surface area (Å²) in [6, 6.07) is 13.9. The second kappa shape index (κ2) is 5.15. The summed E-state index contributed by atoms with van der Waals surface area (Å²) in [5.41, 5.74) is 1.03. The highest BCUT2D eigenvalue weighted by Crippen LogP contribution is 2.27. The molecule has 0 aliphatic carbocycles. The van der Waals surface area contributed by atoms with Crippen LogP contribution in [0.5, 0.6) is 0 Å². The summed E-state index contributed by atoms with van der Waals surface area (Å²) in [5, 5.41) is 2.27. The van der Waals surface area contributed by atoms with E-state index < -0.39 is 0 Å². The minimum absolute atomic E-state index is 0.0244. The van der Waals surface area contributed by atoms with Crippen molar-refractivity contribution in [1.29, 1.82) is 0 Å². The molecule has 92 valence electrons. The molecule has 2 rings (SSSR count). The number of hydrogen-bond donors (Lipinski definition) is 0. The molecule has 2 aromatic carbocycles. The Kier molecular flexibility index (Phi) is 3.58. The lowest BCUT2D eigenvalue weighted by molar-refractivity contribution is -0.118. The van der Waals surface area contributed by atoms with Gasteiger partial charge in [0.2, 0.25) is 0 Å². The Morgan fingerprint density at radius 2 is 1.83 bits per heavy atom. The predicted molar refractivity (Wildman–Crippen MR) is 75.6 cm³/mol. The molecule has 0 spiro atoms. The maximum atomic E-state index is 12.0. The number of likely N-dealkylation sites (N-methyl/N-ethyl adjacent to an activating group) is 1. The van der Waals surface area contributed by atoms with E-state index in [4.69, 9.17) is 0 Å². The highest BCUT2D eigenvalue weighted by molar-refractivity contribution is 5.98. The molecule has 0 aromatic heterocycles. The van der Waals surface area contributed by atoms with E-state index in [1.807, 2.05) is 43.3 Å². The van der Waals surface area contributed by atoms with Gasteiger partial charge in [-0.25, -0.2) is 0 Å². The summed E-state index contributed by atoms with van der Waals surface area (Å²) >= 11 is 0. The molecule has 0 radical (unpaired) electrons. The molecule has 0 N–H and O–H groups in total. The highest BCUT2D eigenvalue weighted by atomic mass is 16.1. The monoisotopic (exact) mass is 239 g/mol. The molecular formula is C16H17NO. The summed E-state index contributed by atoms with van der Waals surface area (Å²) in [4.78, 5) is 14.0. The van der Waals surface area contributed by atoms with Gasteiger partial charge in [-0.2, -0.15) is 0 Å². The van der Waals surface area contributed by atoms with Gasteiger partial charge in [0.1, 0.15) is 0 Å². The number of hydrogen-bond acceptors (Lipinski definition) is 2. The molecule has 0 amide bonds. The lowest BCUT2D eigenvalue weighted by Gasteiger charge is -2.23. The topological polar surface area (TPSA) is 20.3 Å². The molecule has 0 aliphatic heterocycles. The summed E-state index contributed by atoms with van der Waals surface area (Å²) in [7, 11) is 3.82. The van der Waals surface area contributed by atoms with Crippen molar-refractivity contribution in [2.45, 2.75) is 6.04 Å². The highest BCUT2D eigenvalue weighted by Gasteiger charge is 2.21. The summed E-state index contributed by atoms with van der Waals surface area (Å²) in [6.07, 6.45) is 1.40. The van der Waals surface area contributed by atoms with Crippen LogP contribution in [0.15, 0.2) is 55.1 Å². The maximum absolute atomic E-state index is 12.0. The van der Waals surface area contributed by atoms with E-state index in [-0.39, 0.29) is 11.8 Å². The van der Waals surface area contributed by atoms with E-state index >= 15 is 0 Å². The lowest BCUT2D eigenvalue weighted by atomic mass is 9.95. The van der Waals surface area contributed by atoms with Gasteiger partial charge in [0.25, 0.3) is 0 Å². The number of carbonyl (C=O) groups excluding carboxylic acids is 1. The molecule has 1 atom stereocenters. The molecule has 2 nitrogen and oxygen atoms in total. The minimum atomic E-state index is -0.270. The fourth-order valence-electron chi connectivity index (χ4n) is 2.29. The Morgan fingerprint density at radius 1 is 1.17 bits per heavy atom. The third-order valence-electron chi connectivity index (χ3n) is 3.11. The number of nitrogens with zero attached hydrogens (tertiary/aromatic N) is 1. The van der Waals surface area contributed by atoms with Gasteiger partial charge in [-0.05, 0) is 36.5 Å². The summed E-state index contributed by atoms with van der Waals surface area (Å²) < 4.78 is 0. The Bertz CT molecular complexity index is 581. The van der Waals surface area contributed by atoms with E-state index in [1.54, 1.807) is 0 Å². The van der Waals surface area contributed by atoms with Crippen LogP contribution in [0.4, 0.5) is 0 Å². The second-order valence-corrected chi connectivity index (χ2v) is 4.54. The lowest BCUT2D eigenvalue weighted by Crippen LogP contribution is -2.26. The van der Waals surface area contributed by atoms with Gasteiger partial charge in [-0.1, -0.05) is 49.0 Å². The van der Waals surface area contributed by atoms with Gasteiger partial charge < -0.3 is 0 Å². The van der Waals surface area contributed by atoms with Crippen LogP contribution in [0, 0.1) is 0 Å². The zero-order chi connectivity index (χ0) is 13.1. The largest absolute Gasteiger partial charge is 0.296 e. The smallest absolute Gasteiger partial charge is 0.176 e. The molecule has 2 aromatic rings. The molecule has 0 aliphatic rings. The SMILES string of the molecule is C=CC(=O)C(c1cccc2ccccc12)N(C)C. The third-order valence-corrected chi connectivity index (χ3v) is 3.11. The van der Waals surface area contributed by atoms with Crippen LogP contribution < -0.4 is 0 Å². The fourth-order valence-corrected chi connectivity index (χ4v) is 2.29. The number of rotatable bonds is 4. The molecule has 0 heterocycles. The van der Waals surface area contributed by atoms with Crippen molar-refractivity contribution in [3.63, 3.8) is 0 Å². The number of benzene rings is 2. The van der Waals surface area contributed by atoms with E-state index in [0.717, 1.165) is 16.3 Å². The molecule has 0 fully saturated rings. The zero-order valence-electron chi connectivity index (χ0n) is 10.8. The molecule has 18 heavy (non-hydrogen) atoms. The first-order valence-corrected chi connectivity index (χ1v) is 5.95. The second-order valence-electron chi connectivity index (χ2n) is 4.54. The van der Waals surface area contributed by atoms with E-state index in [9.17, 15) is 4.79 Å². The first-order chi connectivity index (χ1) is 8.65. The standard InChI is InChI=1S/C16H17NO/c1-4-15(18)16(17(2)3)14-11-7-9-12-8-5-6-10-13(12)14/h4-11,16H,1H2,2-3H3. The molecule has 0 saturated heterocycles. The molecular weight excluding hydrogens is 222 g/mol. The molecule has 2 heteroatoms. The van der Waals surface area contributed by atoms with Gasteiger partial charge in [0.15, 0.2) is 5.78 Å². The first kappa shape index (κ1) is 12.5. The zero-order valence-corrected chi connectivity index (χ0v) is 10.8. The average molecular weight is 239 g/mol. The van der Waals surface area contributed by atoms with Crippen molar-refractivity contribution in [2.75, 3.05) is 14.1 Å². The fraction of sp³-hybridized carbons (Fsp3) is 0.188. The van der Waals surface area contributed by atoms with Crippen molar-refractivity contribution < 1.29 is 4.79 Å². The Labute approximate surface area is 108 Å². The van der Waals surface area contributed by atoms with Crippen LogP contribution in [-0.2, 0) is 4.79 Å². The summed E-state index contributed by atoms with van der Waals surface area (Å²) in [5.74, 6) is 0.0244. The number of ketones is 1. The minimum Gasteiger partial charge on any atom is -0.296 e. The van der Waals surface area contributed by atoms with Gasteiger partial charge in [-0.15, -0.1) is 0 Å². The van der Waals surface area contributed by atoms with Crippen LogP contribution in [0.25, 0.3) is 10.8 Å². The quantitative estimate of drug-likeness (QED) is 0.764. The Hall–Kier alpha value is -1.93. The van der Waals surface area contributed by atoms with E-state index in [1.165, 1.54) is 6.08 Å². The van der Waals surface area contributed by atoms with Crippen LogP contribution in [0.1, 0.15) is 11.6 Å². The number of carbonyl (C=O) groups is 1. The van der Waals surface area contributed by atoms with Crippen molar-refractivity contribution in [2.24, 2.45) is 0 Å². The van der Waals surface area contributed by atoms with Crippen LogP contribution in [-0.4, -0.2) is 24.8 Å². The van der Waals surface area contributed by atoms with Crippen LogP contribution >= 0.6 is 0 Å². The predicted octanol–water partition coefficient (Wildman–Crippen LogP) is 3.20. The van der Waals surface area contributed by atoms with E-state index in [2.05, 4.69) is 24.8 Å². The van der Waals surface area contributed by atoms with Crippen molar-refractivity contribution in [3.8, 4) is 0 Å². The van der Waals surface area contributed by atoms with Gasteiger partial charge in [0.05, 0.1) is 6.04 Å². The average Bonchev–Trinajstić information content (AvgIpc) is 2.38. The Balaban J connectivity index is 2.64. The maximum Gasteiger partial charge on any atom is 0.176 e. The summed E-state index contributed by atoms with van der Waals surface area (Å²) in [6.45, 7) is 3.59. The van der Waals surface area contributed by atoms with Crippen LogP contribution in [0.3, 0.4) is 0 Å². The molecule has 1 unspecified atom stereocenters. The normalized spacial score (nSPS) is 12.6. The molecule has 0 saturated carbocycles.